The van der Waals surface area contributed by atoms with Gasteiger partial charge in [-0.1, -0.05) is 72.8 Å². The number of carboxylic acids is 1. The molecule has 3 aromatic carbocycles. The molecule has 204 valence electrons. The molecule has 0 spiro atoms. The van der Waals surface area contributed by atoms with Gasteiger partial charge in [-0.2, -0.15) is 4.72 Å². The zero-order valence-corrected chi connectivity index (χ0v) is 22.0. The summed E-state index contributed by atoms with van der Waals surface area (Å²) in [6.07, 6.45) is 4.28. The number of rotatable bonds is 9. The SMILES string of the molecule is O=C(NC1(S(=O)(=O)N[C@@H](Cc2ccc(O)cc2)C(=O)O)C=CC(c2ccccc2)=CC1)c1cc2ccccc2o1. The van der Waals surface area contributed by atoms with E-state index in [1.54, 1.807) is 36.4 Å². The molecule has 4 aromatic rings. The monoisotopic (exact) mass is 558 g/mol. The van der Waals surface area contributed by atoms with E-state index in [0.29, 0.717) is 16.5 Å². The molecule has 1 aliphatic carbocycles. The summed E-state index contributed by atoms with van der Waals surface area (Å²) in [5.41, 5.74) is 2.58. The second kappa shape index (κ2) is 10.8. The van der Waals surface area contributed by atoms with E-state index in [-0.39, 0.29) is 24.4 Å². The molecule has 0 saturated carbocycles. The molecule has 0 saturated heterocycles. The highest BCUT2D eigenvalue weighted by Gasteiger charge is 2.46. The van der Waals surface area contributed by atoms with Crippen LogP contribution in [0.5, 0.6) is 5.75 Å². The van der Waals surface area contributed by atoms with Crippen molar-refractivity contribution in [2.75, 3.05) is 0 Å². The molecule has 0 aliphatic heterocycles. The average molecular weight is 559 g/mol. The van der Waals surface area contributed by atoms with Crippen LogP contribution in [0.15, 0.2) is 108 Å². The molecule has 1 heterocycles. The van der Waals surface area contributed by atoms with E-state index in [9.17, 15) is 28.2 Å². The van der Waals surface area contributed by atoms with Crippen LogP contribution >= 0.6 is 0 Å². The van der Waals surface area contributed by atoms with Gasteiger partial charge in [0.1, 0.15) is 17.4 Å². The Morgan fingerprint density at radius 3 is 2.33 bits per heavy atom. The van der Waals surface area contributed by atoms with Gasteiger partial charge >= 0.3 is 5.97 Å². The highest BCUT2D eigenvalue weighted by atomic mass is 32.2. The summed E-state index contributed by atoms with van der Waals surface area (Å²) < 4.78 is 35.8. The summed E-state index contributed by atoms with van der Waals surface area (Å²) >= 11 is 0. The largest absolute Gasteiger partial charge is 0.508 e. The Hall–Kier alpha value is -4.67. The number of para-hydroxylation sites is 1. The van der Waals surface area contributed by atoms with Crippen LogP contribution in [-0.2, 0) is 21.2 Å². The summed E-state index contributed by atoms with van der Waals surface area (Å²) in [6, 6.07) is 22.1. The molecule has 4 N–H and O–H groups in total. The Morgan fingerprint density at radius 1 is 0.975 bits per heavy atom. The van der Waals surface area contributed by atoms with Crippen molar-refractivity contribution in [2.45, 2.75) is 23.8 Å². The number of sulfonamides is 1. The van der Waals surface area contributed by atoms with Crippen LogP contribution < -0.4 is 10.0 Å². The molecule has 1 aliphatic rings. The summed E-state index contributed by atoms with van der Waals surface area (Å²) in [4.78, 5) is 23.4. The number of nitrogens with one attached hydrogen (secondary N) is 2. The van der Waals surface area contributed by atoms with Crippen LogP contribution in [0.4, 0.5) is 0 Å². The van der Waals surface area contributed by atoms with Crippen molar-refractivity contribution in [2.24, 2.45) is 0 Å². The minimum Gasteiger partial charge on any atom is -0.508 e. The predicted molar refractivity (Wildman–Crippen MR) is 150 cm³/mol. The first-order valence-electron chi connectivity index (χ1n) is 12.4. The number of amides is 1. The number of hydrogen-bond acceptors (Lipinski definition) is 6. The maximum Gasteiger partial charge on any atom is 0.322 e. The number of phenols is 1. The van der Waals surface area contributed by atoms with E-state index in [2.05, 4.69) is 10.0 Å². The number of aromatic hydroxyl groups is 1. The maximum absolute atomic E-state index is 13.9. The van der Waals surface area contributed by atoms with Crippen molar-refractivity contribution in [1.82, 2.24) is 10.0 Å². The molecule has 40 heavy (non-hydrogen) atoms. The van der Waals surface area contributed by atoms with E-state index in [1.807, 2.05) is 30.3 Å². The van der Waals surface area contributed by atoms with E-state index in [4.69, 9.17) is 4.42 Å². The first-order chi connectivity index (χ1) is 19.2. The maximum atomic E-state index is 13.9. The van der Waals surface area contributed by atoms with E-state index in [1.165, 1.54) is 36.4 Å². The van der Waals surface area contributed by atoms with Crippen molar-refractivity contribution in [3.8, 4) is 5.75 Å². The Labute approximate surface area is 230 Å². The van der Waals surface area contributed by atoms with Gasteiger partial charge in [-0.15, -0.1) is 0 Å². The molecule has 1 amide bonds. The predicted octanol–water partition coefficient (Wildman–Crippen LogP) is 4.22. The standard InChI is InChI=1S/C30H26N2O7S/c33-24-12-10-20(11-13-24)18-25(29(35)36)32-40(37,38)30(16-14-22(15-17-30)21-6-2-1-3-7-21)31-28(34)27-19-23-8-4-5-9-26(23)39-27/h1-16,19,25,32-33H,17-18H2,(H,31,34)(H,35,36)/t25-,30?/m0/s1. The van der Waals surface area contributed by atoms with E-state index < -0.39 is 32.8 Å². The molecule has 2 atom stereocenters. The molecule has 10 heteroatoms. The molecular formula is C30H26N2O7S. The smallest absolute Gasteiger partial charge is 0.322 e. The Balaban J connectivity index is 1.47. The van der Waals surface area contributed by atoms with Gasteiger partial charge in [0.15, 0.2) is 10.6 Å². The minimum atomic E-state index is -4.54. The van der Waals surface area contributed by atoms with Crippen LogP contribution in [0.2, 0.25) is 0 Å². The highest BCUT2D eigenvalue weighted by molar-refractivity contribution is 7.91. The normalized spacial score (nSPS) is 17.8. The number of hydrogen-bond donors (Lipinski definition) is 4. The van der Waals surface area contributed by atoms with Crippen molar-refractivity contribution in [3.63, 3.8) is 0 Å². The lowest BCUT2D eigenvalue weighted by atomic mass is 9.96. The minimum absolute atomic E-state index is 0.00296. The molecule has 9 nitrogen and oxygen atoms in total. The zero-order valence-electron chi connectivity index (χ0n) is 21.2. The van der Waals surface area contributed by atoms with Gasteiger partial charge in [0.2, 0.25) is 10.0 Å². The second-order valence-electron chi connectivity index (χ2n) is 9.44. The summed E-state index contributed by atoms with van der Waals surface area (Å²) in [5, 5.41) is 22.7. The van der Waals surface area contributed by atoms with Gasteiger partial charge in [0, 0.05) is 11.8 Å². The number of allylic oxidation sites excluding steroid dienone is 2. The number of aliphatic carboxylic acids is 1. The van der Waals surface area contributed by atoms with E-state index >= 15 is 0 Å². The first-order valence-corrected chi connectivity index (χ1v) is 13.9. The molecule has 0 radical (unpaired) electrons. The van der Waals surface area contributed by atoms with Crippen LogP contribution in [-0.4, -0.2) is 41.4 Å². The fourth-order valence-electron chi connectivity index (χ4n) is 4.51. The molecule has 0 fully saturated rings. The van der Waals surface area contributed by atoms with Crippen LogP contribution in [0.25, 0.3) is 16.5 Å². The highest BCUT2D eigenvalue weighted by Crippen LogP contribution is 2.32. The number of benzene rings is 3. The van der Waals surface area contributed by atoms with Crippen molar-refractivity contribution in [1.29, 1.82) is 0 Å². The molecule has 5 rings (SSSR count). The first kappa shape index (κ1) is 26.9. The lowest BCUT2D eigenvalue weighted by molar-refractivity contribution is -0.138. The average Bonchev–Trinajstić information content (AvgIpc) is 3.39. The Kier molecular flexibility index (Phi) is 7.29. The number of fused-ring (bicyclic) bond motifs is 1. The topological polar surface area (TPSA) is 146 Å². The number of furan rings is 1. The van der Waals surface area contributed by atoms with Gasteiger partial charge < -0.3 is 19.9 Å². The Morgan fingerprint density at radius 2 is 1.68 bits per heavy atom. The molecular weight excluding hydrogens is 532 g/mol. The third-order valence-corrected chi connectivity index (χ3v) is 8.65. The van der Waals surface area contributed by atoms with Gasteiger partial charge in [-0.3, -0.25) is 9.59 Å². The summed E-state index contributed by atoms with van der Waals surface area (Å²) in [6.45, 7) is 0. The summed E-state index contributed by atoms with van der Waals surface area (Å²) in [7, 11) is -4.54. The lowest BCUT2D eigenvalue weighted by Crippen LogP contribution is -2.60. The second-order valence-corrected chi connectivity index (χ2v) is 11.4. The van der Waals surface area contributed by atoms with Crippen molar-refractivity contribution < 1.29 is 32.6 Å². The van der Waals surface area contributed by atoms with Gasteiger partial charge in [-0.25, -0.2) is 8.42 Å². The van der Waals surface area contributed by atoms with Gasteiger partial charge in [-0.05, 0) is 53.5 Å². The number of carboxylic acid groups (broad SMARTS) is 1. The zero-order chi connectivity index (χ0) is 28.3. The fraction of sp³-hybridized carbons (Fsp3) is 0.133. The van der Waals surface area contributed by atoms with Crippen molar-refractivity contribution in [3.05, 3.63) is 120 Å². The Bertz CT molecular complexity index is 1690. The van der Waals surface area contributed by atoms with Crippen LogP contribution in [0.3, 0.4) is 0 Å². The number of carbonyl (C=O) groups is 2. The summed E-state index contributed by atoms with van der Waals surface area (Å²) in [5.74, 6) is -2.25. The number of carbonyl (C=O) groups excluding carboxylic acids is 1. The van der Waals surface area contributed by atoms with Gasteiger partial charge in [0.25, 0.3) is 5.91 Å². The van der Waals surface area contributed by atoms with Crippen LogP contribution in [0, 0.1) is 0 Å². The molecule has 0 bridgehead atoms. The quantitative estimate of drug-likeness (QED) is 0.241. The third kappa shape index (κ3) is 5.54. The molecule has 1 aromatic heterocycles. The fourth-order valence-corrected chi connectivity index (χ4v) is 6.06. The lowest BCUT2D eigenvalue weighted by Gasteiger charge is -2.33. The van der Waals surface area contributed by atoms with Crippen molar-refractivity contribution >= 4 is 38.4 Å². The number of phenolic OH excluding ortho intramolecular Hbond substituents is 1. The van der Waals surface area contributed by atoms with Gasteiger partial charge in [0.05, 0.1) is 0 Å². The van der Waals surface area contributed by atoms with E-state index in [0.717, 1.165) is 11.1 Å². The van der Waals surface area contributed by atoms with Crippen LogP contribution in [0.1, 0.15) is 28.1 Å². The molecule has 1 unspecified atom stereocenters. The third-order valence-electron chi connectivity index (χ3n) is 6.69.